The van der Waals surface area contributed by atoms with E-state index in [0.717, 1.165) is 17.0 Å². The van der Waals surface area contributed by atoms with Gasteiger partial charge in [-0.15, -0.1) is 0 Å². The third-order valence-corrected chi connectivity index (χ3v) is 7.56. The number of hydrogen-bond donors (Lipinski definition) is 0. The van der Waals surface area contributed by atoms with Crippen LogP contribution in [-0.4, -0.2) is 0 Å². The standard InChI is InChI=1S/C32H36F2/c1-3-4-6-9-24-12-14-26(15-13-24)27-16-18-28(19-17-27)29-21-31(33)30(32(34)22-29)20-23(2)25-10-7-5-8-11-25/h3-5,7-8,10-11,16-19,21-24,26H,6,9,12-15,20H2,1-2H3/t23-,24?,26?/m0/s1. The number of halogens is 2. The van der Waals surface area contributed by atoms with Crippen molar-refractivity contribution in [2.75, 3.05) is 0 Å². The minimum Gasteiger partial charge on any atom is -0.207 e. The van der Waals surface area contributed by atoms with Crippen molar-refractivity contribution >= 4 is 0 Å². The predicted octanol–water partition coefficient (Wildman–Crippen LogP) is 9.61. The Balaban J connectivity index is 1.41. The Morgan fingerprint density at radius 2 is 1.50 bits per heavy atom. The molecular weight excluding hydrogens is 422 g/mol. The van der Waals surface area contributed by atoms with Crippen molar-refractivity contribution in [3.8, 4) is 11.1 Å². The van der Waals surface area contributed by atoms with Gasteiger partial charge >= 0.3 is 0 Å². The predicted molar refractivity (Wildman–Crippen MR) is 139 cm³/mol. The summed E-state index contributed by atoms with van der Waals surface area (Å²) in [5, 5.41) is 0. The van der Waals surface area contributed by atoms with E-state index in [9.17, 15) is 8.78 Å². The minimum atomic E-state index is -0.460. The Hall–Kier alpha value is -2.74. The summed E-state index contributed by atoms with van der Waals surface area (Å²) in [7, 11) is 0. The van der Waals surface area contributed by atoms with Crippen molar-refractivity contribution in [1.82, 2.24) is 0 Å². The van der Waals surface area contributed by atoms with E-state index < -0.39 is 11.6 Å². The van der Waals surface area contributed by atoms with Gasteiger partial charge in [-0.25, -0.2) is 8.78 Å². The Bertz CT molecular complexity index is 1050. The van der Waals surface area contributed by atoms with E-state index in [4.69, 9.17) is 0 Å². The number of benzene rings is 3. The molecule has 0 unspecified atom stereocenters. The Kier molecular flexibility index (Phi) is 8.32. The molecule has 1 aliphatic carbocycles. The first-order valence-electron chi connectivity index (χ1n) is 12.8. The average molecular weight is 459 g/mol. The van der Waals surface area contributed by atoms with Gasteiger partial charge in [-0.05, 0) is 104 Å². The highest BCUT2D eigenvalue weighted by molar-refractivity contribution is 5.64. The van der Waals surface area contributed by atoms with Crippen LogP contribution in [-0.2, 0) is 6.42 Å². The maximum Gasteiger partial charge on any atom is 0.129 e. The first-order valence-corrected chi connectivity index (χ1v) is 12.8. The second-order valence-corrected chi connectivity index (χ2v) is 9.92. The van der Waals surface area contributed by atoms with Gasteiger partial charge in [0.15, 0.2) is 0 Å². The lowest BCUT2D eigenvalue weighted by Crippen LogP contribution is -2.13. The van der Waals surface area contributed by atoms with E-state index in [0.29, 0.717) is 17.9 Å². The van der Waals surface area contributed by atoms with Crippen molar-refractivity contribution in [3.05, 3.63) is 107 Å². The van der Waals surface area contributed by atoms with Crippen molar-refractivity contribution in [1.29, 1.82) is 0 Å². The number of allylic oxidation sites excluding steroid dienone is 2. The summed E-state index contributed by atoms with van der Waals surface area (Å²) in [5.74, 6) is 0.577. The molecule has 34 heavy (non-hydrogen) atoms. The van der Waals surface area contributed by atoms with E-state index in [2.05, 4.69) is 31.2 Å². The van der Waals surface area contributed by atoms with Crippen LogP contribution in [0, 0.1) is 17.6 Å². The summed E-state index contributed by atoms with van der Waals surface area (Å²) in [6.45, 7) is 4.10. The topological polar surface area (TPSA) is 0 Å². The molecule has 3 aromatic rings. The Morgan fingerprint density at radius 1 is 0.853 bits per heavy atom. The van der Waals surface area contributed by atoms with Gasteiger partial charge in [0, 0.05) is 5.56 Å². The fraction of sp³-hybridized carbons (Fsp3) is 0.375. The molecule has 0 radical (unpaired) electrons. The fourth-order valence-electron chi connectivity index (χ4n) is 5.40. The van der Waals surface area contributed by atoms with Crippen molar-refractivity contribution in [2.24, 2.45) is 5.92 Å². The third kappa shape index (κ3) is 6.03. The van der Waals surface area contributed by atoms with Crippen LogP contribution in [0.3, 0.4) is 0 Å². The van der Waals surface area contributed by atoms with Crippen LogP contribution in [0.5, 0.6) is 0 Å². The fourth-order valence-corrected chi connectivity index (χ4v) is 5.40. The highest BCUT2D eigenvalue weighted by Gasteiger charge is 2.22. The van der Waals surface area contributed by atoms with E-state index in [-0.39, 0.29) is 11.5 Å². The monoisotopic (exact) mass is 458 g/mol. The van der Waals surface area contributed by atoms with Crippen LogP contribution >= 0.6 is 0 Å². The summed E-state index contributed by atoms with van der Waals surface area (Å²) in [5.41, 5.74) is 4.08. The summed E-state index contributed by atoms with van der Waals surface area (Å²) in [6.07, 6.45) is 12.3. The molecule has 1 saturated carbocycles. The van der Waals surface area contributed by atoms with Crippen LogP contribution < -0.4 is 0 Å². The molecular formula is C32H36F2. The normalized spacial score (nSPS) is 19.4. The van der Waals surface area contributed by atoms with Gasteiger partial charge < -0.3 is 0 Å². The molecule has 0 saturated heterocycles. The molecule has 3 aromatic carbocycles. The van der Waals surface area contributed by atoms with Gasteiger partial charge in [0.25, 0.3) is 0 Å². The maximum absolute atomic E-state index is 14.9. The SMILES string of the molecule is CC=CCCC1CCC(c2ccc(-c3cc(F)c(C[C@H](C)c4ccccc4)c(F)c3)cc2)CC1. The lowest BCUT2D eigenvalue weighted by molar-refractivity contribution is 0.312. The van der Waals surface area contributed by atoms with Crippen LogP contribution in [0.15, 0.2) is 78.9 Å². The molecule has 0 amide bonds. The number of hydrogen-bond acceptors (Lipinski definition) is 0. The van der Waals surface area contributed by atoms with Crippen LogP contribution in [0.2, 0.25) is 0 Å². The smallest absolute Gasteiger partial charge is 0.129 e. The van der Waals surface area contributed by atoms with Gasteiger partial charge in [-0.2, -0.15) is 0 Å². The summed E-state index contributed by atoms with van der Waals surface area (Å²) in [4.78, 5) is 0. The van der Waals surface area contributed by atoms with Gasteiger partial charge in [0.05, 0.1) is 0 Å². The first-order chi connectivity index (χ1) is 16.5. The minimum absolute atomic E-state index is 0.0496. The zero-order valence-electron chi connectivity index (χ0n) is 20.4. The largest absolute Gasteiger partial charge is 0.207 e. The summed E-state index contributed by atoms with van der Waals surface area (Å²) >= 11 is 0. The average Bonchev–Trinajstić information content (AvgIpc) is 2.87. The lowest BCUT2D eigenvalue weighted by Gasteiger charge is -2.28. The second kappa shape index (κ2) is 11.6. The molecule has 0 nitrogen and oxygen atoms in total. The summed E-state index contributed by atoms with van der Waals surface area (Å²) in [6, 6.07) is 21.2. The van der Waals surface area contributed by atoms with Crippen LogP contribution in [0.25, 0.3) is 11.1 Å². The molecule has 1 fully saturated rings. The molecule has 0 spiro atoms. The zero-order chi connectivity index (χ0) is 23.9. The van der Waals surface area contributed by atoms with Gasteiger partial charge in [0.1, 0.15) is 11.6 Å². The zero-order valence-corrected chi connectivity index (χ0v) is 20.4. The molecule has 0 N–H and O–H groups in total. The van der Waals surface area contributed by atoms with E-state index in [1.165, 1.54) is 56.2 Å². The van der Waals surface area contributed by atoms with Crippen LogP contribution in [0.1, 0.15) is 80.9 Å². The van der Waals surface area contributed by atoms with Crippen molar-refractivity contribution in [2.45, 2.75) is 70.6 Å². The third-order valence-electron chi connectivity index (χ3n) is 7.56. The molecule has 178 valence electrons. The van der Waals surface area contributed by atoms with Crippen molar-refractivity contribution < 1.29 is 8.78 Å². The molecule has 1 aliphatic rings. The maximum atomic E-state index is 14.9. The highest BCUT2D eigenvalue weighted by Crippen LogP contribution is 2.38. The Labute approximate surface area is 203 Å². The lowest BCUT2D eigenvalue weighted by atomic mass is 9.77. The quantitative estimate of drug-likeness (QED) is 0.295. The molecule has 2 heteroatoms. The van der Waals surface area contributed by atoms with E-state index in [1.807, 2.05) is 49.4 Å². The molecule has 1 atom stereocenters. The van der Waals surface area contributed by atoms with Gasteiger partial charge in [0.2, 0.25) is 0 Å². The van der Waals surface area contributed by atoms with E-state index in [1.54, 1.807) is 0 Å². The van der Waals surface area contributed by atoms with Gasteiger partial charge in [-0.1, -0.05) is 73.7 Å². The first kappa shape index (κ1) is 24.4. The molecule has 0 bridgehead atoms. The molecule has 0 heterocycles. The molecule has 0 aliphatic heterocycles. The molecule has 0 aromatic heterocycles. The number of rotatable bonds is 8. The van der Waals surface area contributed by atoms with Gasteiger partial charge in [-0.3, -0.25) is 0 Å². The van der Waals surface area contributed by atoms with E-state index >= 15 is 0 Å². The highest BCUT2D eigenvalue weighted by atomic mass is 19.1. The van der Waals surface area contributed by atoms with Crippen LogP contribution in [0.4, 0.5) is 8.78 Å². The van der Waals surface area contributed by atoms with Crippen molar-refractivity contribution in [3.63, 3.8) is 0 Å². The second-order valence-electron chi connectivity index (χ2n) is 9.92. The summed E-state index contributed by atoms with van der Waals surface area (Å²) < 4.78 is 29.9. The molecule has 4 rings (SSSR count). The Morgan fingerprint density at radius 3 is 2.12 bits per heavy atom.